The van der Waals surface area contributed by atoms with E-state index in [1.807, 2.05) is 30.6 Å². The monoisotopic (exact) mass is 1350 g/mol. The second-order valence-electron chi connectivity index (χ2n) is 32.9. The predicted octanol–water partition coefficient (Wildman–Crippen LogP) is 10.9. The standard InChI is InChI=1S/C17H28N2O2.C16H26N2O2.C15H24N2O3.C15H26N2O2.C13H22N2O2/c1-12-6-10-19(11-7-12)14-13(15(20)16(14)21)18-9-5-8-17(2,3)4;1-16(2,3)8-7-9-17-12-13(15(20)14(12)19)18-10-5-4-6-11-18;1-15(2,3)5-4-6-16-11-12(14(19)13(11)18)17-7-9-20-10-8-17;1-6-17(7-2)12-11(13(18)14(12)19)16-10-8-9-15(3,4)5;1-5-14-9-10(12(17)11(9)16)15-8-6-7-13(2,3)4/h12,18H,5-11H2,1-4H3;17H,4-11H2,1-3H3;16H,4-10H2,1-3H3;16H,6-10H2,1-5H3;14-15H,5-8H2,1-4H3. The van der Waals surface area contributed by atoms with Gasteiger partial charge in [0.05, 0.1) is 13.2 Å². The van der Waals surface area contributed by atoms with E-state index in [0.717, 1.165) is 168 Å². The largest absolute Gasteiger partial charge is 0.380 e. The van der Waals surface area contributed by atoms with Gasteiger partial charge < -0.3 is 56.2 Å². The number of hydrogen-bond acceptors (Lipinski definition) is 21. The van der Waals surface area contributed by atoms with Crippen LogP contribution in [-0.4, -0.2) is 105 Å². The van der Waals surface area contributed by atoms with Gasteiger partial charge in [-0.05, 0) is 150 Å². The topological polar surface area (TPSA) is 265 Å². The lowest BCUT2D eigenvalue weighted by atomic mass is 9.90. The van der Waals surface area contributed by atoms with Gasteiger partial charge in [-0.2, -0.15) is 0 Å². The molecule has 3 aliphatic rings. The number of nitrogens with zero attached hydrogens (tertiary/aromatic N) is 4. The fourth-order valence-electron chi connectivity index (χ4n) is 12.1. The van der Waals surface area contributed by atoms with Crippen molar-refractivity contribution in [1.29, 1.82) is 0 Å². The van der Waals surface area contributed by atoms with E-state index in [0.29, 0.717) is 117 Å². The highest BCUT2D eigenvalue weighted by molar-refractivity contribution is 5.78. The minimum absolute atomic E-state index is 0.294. The number of morpholine rings is 1. The molecular formula is C76H126N10O11. The summed E-state index contributed by atoms with van der Waals surface area (Å²) in [6.45, 7) is 53.2. The quantitative estimate of drug-likeness (QED) is 0.0201. The minimum atomic E-state index is -0.398. The number of hydrogen-bond donors (Lipinski definition) is 6. The summed E-state index contributed by atoms with van der Waals surface area (Å²) in [4.78, 5) is 124. The number of ether oxygens (including phenoxy) is 1. The molecule has 0 spiro atoms. The van der Waals surface area contributed by atoms with Crippen LogP contribution in [0.25, 0.3) is 0 Å². The van der Waals surface area contributed by atoms with Crippen molar-refractivity contribution in [2.45, 2.75) is 228 Å². The molecule has 3 heterocycles. The Hall–Kier alpha value is -6.64. The van der Waals surface area contributed by atoms with Crippen LogP contribution < -0.4 is 106 Å². The third-order valence-corrected chi connectivity index (χ3v) is 18.0. The zero-order valence-electron chi connectivity index (χ0n) is 63.3. The molecule has 0 amide bonds. The van der Waals surface area contributed by atoms with Crippen LogP contribution in [0.5, 0.6) is 0 Å². The molecule has 0 aliphatic carbocycles. The Bertz CT molecular complexity index is 3480. The second-order valence-corrected chi connectivity index (χ2v) is 32.9. The molecule has 0 unspecified atom stereocenters. The number of anilines is 10. The van der Waals surface area contributed by atoms with Crippen molar-refractivity contribution in [3.63, 3.8) is 0 Å². The highest BCUT2D eigenvalue weighted by Gasteiger charge is 2.31. The van der Waals surface area contributed by atoms with Crippen molar-refractivity contribution < 1.29 is 4.74 Å². The van der Waals surface area contributed by atoms with Gasteiger partial charge in [0, 0.05) is 91.6 Å². The molecule has 5 aromatic carbocycles. The van der Waals surface area contributed by atoms with Gasteiger partial charge in [-0.1, -0.05) is 111 Å². The molecule has 0 bridgehead atoms. The van der Waals surface area contributed by atoms with E-state index in [1.165, 1.54) is 6.42 Å². The minimum Gasteiger partial charge on any atom is -0.380 e. The first kappa shape index (κ1) is 82.8. The van der Waals surface area contributed by atoms with E-state index in [4.69, 9.17) is 4.74 Å². The third kappa shape index (κ3) is 25.9. The van der Waals surface area contributed by atoms with Crippen molar-refractivity contribution in [2.75, 3.05) is 156 Å². The first-order valence-corrected chi connectivity index (χ1v) is 36.4. The molecule has 8 rings (SSSR count). The van der Waals surface area contributed by atoms with Crippen LogP contribution in [0.3, 0.4) is 0 Å². The molecule has 3 saturated heterocycles. The lowest BCUT2D eigenvalue weighted by molar-refractivity contribution is 0.122. The zero-order valence-corrected chi connectivity index (χ0v) is 63.3. The van der Waals surface area contributed by atoms with E-state index in [-0.39, 0.29) is 43.4 Å². The molecule has 0 aromatic heterocycles. The summed E-state index contributed by atoms with van der Waals surface area (Å²) in [5.41, 5.74) is 3.50. The predicted molar refractivity (Wildman–Crippen MR) is 410 cm³/mol. The summed E-state index contributed by atoms with van der Waals surface area (Å²) in [5.74, 6) is 0.718. The highest BCUT2D eigenvalue weighted by atomic mass is 16.5. The summed E-state index contributed by atoms with van der Waals surface area (Å²) in [6, 6.07) is 0. The third-order valence-electron chi connectivity index (χ3n) is 18.0. The number of rotatable bonds is 28. The van der Waals surface area contributed by atoms with E-state index in [1.54, 1.807) is 0 Å². The molecule has 6 N–H and O–H groups in total. The molecule has 3 aliphatic heterocycles. The summed E-state index contributed by atoms with van der Waals surface area (Å²) < 4.78 is 5.27. The van der Waals surface area contributed by atoms with Crippen molar-refractivity contribution in [3.8, 4) is 0 Å². The van der Waals surface area contributed by atoms with Gasteiger partial charge >= 0.3 is 0 Å². The Morgan fingerprint density at radius 3 is 0.948 bits per heavy atom. The Labute approximate surface area is 578 Å². The molecular weight excluding hydrogens is 1230 g/mol. The molecule has 21 nitrogen and oxygen atoms in total. The lowest BCUT2D eigenvalue weighted by Crippen LogP contribution is -2.47. The summed E-state index contributed by atoms with van der Waals surface area (Å²) >= 11 is 0. The van der Waals surface area contributed by atoms with Gasteiger partial charge in [0.2, 0.25) is 0 Å². The van der Waals surface area contributed by atoms with Crippen molar-refractivity contribution in [3.05, 3.63) is 102 Å². The molecule has 5 aromatic rings. The average molecular weight is 1360 g/mol. The number of piperidine rings is 2. The SMILES string of the molecule is CC(C)(C)CCCNc1c(N2CCCCC2)c(=O)c1=O.CC(C)(C)CCCNc1c(N2CCOCC2)c(=O)c1=O.CC1CCN(c2c(NCCCC(C)(C)C)c(=O)c2=O)CC1.CCN(CC)c1c(NCCCC(C)(C)C)c(=O)c1=O.CCNc1c(NCCCC(C)(C)C)c(=O)c1=O. The van der Waals surface area contributed by atoms with Gasteiger partial charge in [0.15, 0.2) is 0 Å². The lowest BCUT2D eigenvalue weighted by Gasteiger charge is -2.33. The van der Waals surface area contributed by atoms with Crippen LogP contribution in [0.15, 0.2) is 47.9 Å². The second kappa shape index (κ2) is 37.5. The van der Waals surface area contributed by atoms with Crippen LogP contribution >= 0.6 is 0 Å². The highest BCUT2D eigenvalue weighted by Crippen LogP contribution is 2.30. The van der Waals surface area contributed by atoms with Gasteiger partial charge in [0.1, 0.15) is 56.9 Å². The van der Waals surface area contributed by atoms with E-state index < -0.39 is 10.9 Å². The maximum atomic E-state index is 11.9. The van der Waals surface area contributed by atoms with Crippen molar-refractivity contribution in [2.24, 2.45) is 33.0 Å². The normalized spacial score (nSPS) is 15.0. The molecule has 0 radical (unpaired) electrons. The summed E-state index contributed by atoms with van der Waals surface area (Å²) in [5, 5.41) is 18.6. The van der Waals surface area contributed by atoms with Gasteiger partial charge in [-0.3, -0.25) is 47.9 Å². The Morgan fingerprint density at radius 1 is 0.351 bits per heavy atom. The van der Waals surface area contributed by atoms with Crippen molar-refractivity contribution in [1.82, 2.24) is 0 Å². The van der Waals surface area contributed by atoms with E-state index in [2.05, 4.69) is 152 Å². The molecule has 97 heavy (non-hydrogen) atoms. The van der Waals surface area contributed by atoms with Gasteiger partial charge in [-0.15, -0.1) is 0 Å². The summed E-state index contributed by atoms with van der Waals surface area (Å²) in [7, 11) is 0. The summed E-state index contributed by atoms with van der Waals surface area (Å²) in [6.07, 6.45) is 16.1. The fourth-order valence-corrected chi connectivity index (χ4v) is 12.1. The van der Waals surface area contributed by atoms with Crippen molar-refractivity contribution >= 4 is 56.9 Å². The van der Waals surface area contributed by atoms with Crippen LogP contribution in [-0.2, 0) is 4.74 Å². The zero-order chi connectivity index (χ0) is 72.8. The van der Waals surface area contributed by atoms with Gasteiger partial charge in [0.25, 0.3) is 54.3 Å². The van der Waals surface area contributed by atoms with Crippen LogP contribution in [0.4, 0.5) is 56.9 Å². The van der Waals surface area contributed by atoms with Crippen LogP contribution in [0.1, 0.15) is 228 Å². The van der Waals surface area contributed by atoms with E-state index >= 15 is 0 Å². The van der Waals surface area contributed by atoms with Crippen LogP contribution in [0, 0.1) is 33.0 Å². The smallest absolute Gasteiger partial charge is 0.253 e. The van der Waals surface area contributed by atoms with E-state index in [9.17, 15) is 47.9 Å². The molecule has 3 fully saturated rings. The Kier molecular flexibility index (Phi) is 32.0. The maximum Gasteiger partial charge on any atom is 0.253 e. The Balaban J connectivity index is 0.000000258. The maximum absolute atomic E-state index is 11.9. The van der Waals surface area contributed by atoms with Crippen LogP contribution in [0.2, 0.25) is 0 Å². The first-order chi connectivity index (χ1) is 45.3. The number of nitrogens with one attached hydrogen (secondary N) is 6. The average Bonchev–Trinajstić information content (AvgIpc) is 0.794. The first-order valence-electron chi connectivity index (χ1n) is 36.4. The molecule has 546 valence electrons. The molecule has 0 atom stereocenters. The van der Waals surface area contributed by atoms with Gasteiger partial charge in [-0.25, -0.2) is 0 Å². The Morgan fingerprint density at radius 2 is 0.629 bits per heavy atom. The molecule has 21 heteroatoms. The fraction of sp³-hybridized carbons (Fsp3) is 0.737. The molecule has 0 saturated carbocycles.